The summed E-state index contributed by atoms with van der Waals surface area (Å²) in [5, 5.41) is 2.97. The molecule has 3 rings (SSSR count). The van der Waals surface area contributed by atoms with E-state index >= 15 is 0 Å². The molecule has 0 unspecified atom stereocenters. The van der Waals surface area contributed by atoms with Crippen molar-refractivity contribution in [1.29, 1.82) is 0 Å². The summed E-state index contributed by atoms with van der Waals surface area (Å²) in [7, 11) is 0. The van der Waals surface area contributed by atoms with E-state index in [4.69, 9.17) is 14.2 Å². The number of nitrogens with zero attached hydrogens (tertiary/aromatic N) is 1. The van der Waals surface area contributed by atoms with E-state index in [0.29, 0.717) is 56.5 Å². The van der Waals surface area contributed by atoms with Crippen LogP contribution in [0.4, 0.5) is 4.39 Å². The van der Waals surface area contributed by atoms with Crippen molar-refractivity contribution in [3.05, 3.63) is 53.3 Å². The number of amides is 2. The van der Waals surface area contributed by atoms with Crippen molar-refractivity contribution >= 4 is 11.8 Å². The van der Waals surface area contributed by atoms with Crippen LogP contribution in [0.5, 0.6) is 17.2 Å². The second kappa shape index (κ2) is 12.3. The lowest BCUT2D eigenvalue weighted by atomic mass is 9.96. The molecule has 1 aliphatic heterocycles. The highest BCUT2D eigenvalue weighted by Gasteiger charge is 2.30. The molecule has 1 fully saturated rings. The molecule has 1 atom stereocenters. The van der Waals surface area contributed by atoms with Gasteiger partial charge in [-0.05, 0) is 63.4 Å². The Balaban J connectivity index is 1.67. The fourth-order valence-corrected chi connectivity index (χ4v) is 4.06. The van der Waals surface area contributed by atoms with Gasteiger partial charge in [-0.2, -0.15) is 0 Å². The molecule has 0 aliphatic carbocycles. The topological polar surface area (TPSA) is 77.1 Å². The highest BCUT2D eigenvalue weighted by molar-refractivity contribution is 5.95. The summed E-state index contributed by atoms with van der Waals surface area (Å²) < 4.78 is 31.3. The summed E-state index contributed by atoms with van der Waals surface area (Å²) in [4.78, 5) is 27.2. The lowest BCUT2D eigenvalue weighted by Crippen LogP contribution is -2.45. The predicted molar refractivity (Wildman–Crippen MR) is 127 cm³/mol. The van der Waals surface area contributed by atoms with Gasteiger partial charge in [-0.25, -0.2) is 4.39 Å². The van der Waals surface area contributed by atoms with E-state index in [1.54, 1.807) is 17.0 Å². The van der Waals surface area contributed by atoms with Crippen molar-refractivity contribution in [1.82, 2.24) is 10.2 Å². The molecule has 0 spiro atoms. The molecule has 184 valence electrons. The lowest BCUT2D eigenvalue weighted by molar-refractivity contribution is -0.126. The molecule has 0 bridgehead atoms. The maximum Gasteiger partial charge on any atom is 0.256 e. The summed E-state index contributed by atoms with van der Waals surface area (Å²) in [6, 6.07) is 9.60. The summed E-state index contributed by atoms with van der Waals surface area (Å²) in [6.45, 7) is 8.13. The molecular formula is C26H33FN2O5. The van der Waals surface area contributed by atoms with Crippen molar-refractivity contribution in [3.63, 3.8) is 0 Å². The number of halogens is 1. The second-order valence-corrected chi connectivity index (χ2v) is 8.01. The smallest absolute Gasteiger partial charge is 0.256 e. The van der Waals surface area contributed by atoms with E-state index in [2.05, 4.69) is 5.32 Å². The molecule has 8 heteroatoms. The molecule has 2 amide bonds. The minimum absolute atomic E-state index is 0.0323. The number of benzene rings is 2. The summed E-state index contributed by atoms with van der Waals surface area (Å²) >= 11 is 0. The standard InChI is InChI=1S/C26H33FN2O5/c1-4-32-22-14-18(15-23(33-5-2)24(22)34-6-3)16-28-25(30)19-10-9-13-29(17-19)26(31)20-11-7-8-12-21(20)27/h7-8,11-12,14-15,19H,4-6,9-10,13,16-17H2,1-3H3,(H,28,30)/t19-/m0/s1. The Morgan fingerprint density at radius 2 is 1.68 bits per heavy atom. The first-order valence-electron chi connectivity index (χ1n) is 11.8. The van der Waals surface area contributed by atoms with Crippen LogP contribution in [0.25, 0.3) is 0 Å². The van der Waals surface area contributed by atoms with Crippen LogP contribution in [0.3, 0.4) is 0 Å². The number of hydrogen-bond donors (Lipinski definition) is 1. The molecular weight excluding hydrogens is 439 g/mol. The third-order valence-corrected chi connectivity index (χ3v) is 5.62. The van der Waals surface area contributed by atoms with Crippen molar-refractivity contribution in [2.75, 3.05) is 32.9 Å². The van der Waals surface area contributed by atoms with Crippen LogP contribution in [0.15, 0.2) is 36.4 Å². The van der Waals surface area contributed by atoms with Gasteiger partial charge in [0.15, 0.2) is 11.5 Å². The minimum atomic E-state index is -0.551. The quantitative estimate of drug-likeness (QED) is 0.561. The molecule has 0 aromatic heterocycles. The van der Waals surface area contributed by atoms with Gasteiger partial charge >= 0.3 is 0 Å². The third-order valence-electron chi connectivity index (χ3n) is 5.62. The number of carbonyl (C=O) groups is 2. The van der Waals surface area contributed by atoms with Crippen molar-refractivity contribution < 1.29 is 28.2 Å². The van der Waals surface area contributed by atoms with Gasteiger partial charge in [0.05, 0.1) is 31.3 Å². The second-order valence-electron chi connectivity index (χ2n) is 8.01. The highest BCUT2D eigenvalue weighted by atomic mass is 19.1. The van der Waals surface area contributed by atoms with Crippen LogP contribution in [-0.4, -0.2) is 49.6 Å². The Morgan fingerprint density at radius 1 is 1.03 bits per heavy atom. The Kier molecular flexibility index (Phi) is 9.13. The number of likely N-dealkylation sites (tertiary alicyclic amines) is 1. The lowest BCUT2D eigenvalue weighted by Gasteiger charge is -2.32. The minimum Gasteiger partial charge on any atom is -0.490 e. The first-order chi connectivity index (χ1) is 16.5. The van der Waals surface area contributed by atoms with Gasteiger partial charge in [0.25, 0.3) is 5.91 Å². The van der Waals surface area contributed by atoms with Gasteiger partial charge in [-0.3, -0.25) is 9.59 Å². The Labute approximate surface area is 200 Å². The van der Waals surface area contributed by atoms with E-state index in [0.717, 1.165) is 5.56 Å². The number of ether oxygens (including phenoxy) is 3. The third kappa shape index (κ3) is 6.18. The first kappa shape index (κ1) is 25.3. The Bertz CT molecular complexity index is 970. The van der Waals surface area contributed by atoms with E-state index in [1.807, 2.05) is 32.9 Å². The molecule has 1 N–H and O–H groups in total. The van der Waals surface area contributed by atoms with E-state index < -0.39 is 5.82 Å². The van der Waals surface area contributed by atoms with Crippen LogP contribution in [-0.2, 0) is 11.3 Å². The molecule has 2 aromatic carbocycles. The van der Waals surface area contributed by atoms with Crippen LogP contribution >= 0.6 is 0 Å². The molecule has 0 saturated carbocycles. The molecule has 34 heavy (non-hydrogen) atoms. The zero-order chi connectivity index (χ0) is 24.5. The summed E-state index contributed by atoms with van der Waals surface area (Å²) in [5.41, 5.74) is 0.851. The molecule has 0 radical (unpaired) electrons. The number of rotatable bonds is 10. The summed E-state index contributed by atoms with van der Waals surface area (Å²) in [5.74, 6) is 0.254. The average molecular weight is 473 g/mol. The van der Waals surface area contributed by atoms with Crippen LogP contribution in [0.1, 0.15) is 49.5 Å². The van der Waals surface area contributed by atoms with E-state index in [-0.39, 0.29) is 36.4 Å². The molecule has 2 aromatic rings. The van der Waals surface area contributed by atoms with Gasteiger partial charge in [0.2, 0.25) is 11.7 Å². The zero-order valence-corrected chi connectivity index (χ0v) is 20.1. The number of nitrogens with one attached hydrogen (secondary N) is 1. The first-order valence-corrected chi connectivity index (χ1v) is 11.8. The largest absolute Gasteiger partial charge is 0.490 e. The van der Waals surface area contributed by atoms with Gasteiger partial charge in [0, 0.05) is 19.6 Å². The fraction of sp³-hybridized carbons (Fsp3) is 0.462. The SMILES string of the molecule is CCOc1cc(CNC(=O)[C@H]2CCCN(C(=O)c3ccccc3F)C2)cc(OCC)c1OCC. The van der Waals surface area contributed by atoms with E-state index in [9.17, 15) is 14.0 Å². The maximum absolute atomic E-state index is 14.1. The zero-order valence-electron chi connectivity index (χ0n) is 20.1. The number of piperidine rings is 1. The molecule has 7 nitrogen and oxygen atoms in total. The Morgan fingerprint density at radius 3 is 2.29 bits per heavy atom. The number of hydrogen-bond acceptors (Lipinski definition) is 5. The predicted octanol–water partition coefficient (Wildman–Crippen LogP) is 4.19. The van der Waals surface area contributed by atoms with Crippen molar-refractivity contribution in [3.8, 4) is 17.2 Å². The van der Waals surface area contributed by atoms with Crippen molar-refractivity contribution in [2.24, 2.45) is 5.92 Å². The molecule has 1 saturated heterocycles. The number of carbonyl (C=O) groups excluding carboxylic acids is 2. The monoisotopic (exact) mass is 472 g/mol. The Hall–Kier alpha value is -3.29. The van der Waals surface area contributed by atoms with Gasteiger partial charge in [-0.1, -0.05) is 12.1 Å². The molecule has 1 heterocycles. The van der Waals surface area contributed by atoms with Crippen LogP contribution in [0.2, 0.25) is 0 Å². The van der Waals surface area contributed by atoms with Gasteiger partial charge in [-0.15, -0.1) is 0 Å². The average Bonchev–Trinajstić information content (AvgIpc) is 2.85. The highest BCUT2D eigenvalue weighted by Crippen LogP contribution is 2.39. The van der Waals surface area contributed by atoms with Crippen LogP contribution < -0.4 is 19.5 Å². The molecule has 1 aliphatic rings. The van der Waals surface area contributed by atoms with Gasteiger partial charge < -0.3 is 24.4 Å². The van der Waals surface area contributed by atoms with Crippen LogP contribution in [0, 0.1) is 11.7 Å². The normalized spacial score (nSPS) is 15.5. The maximum atomic E-state index is 14.1. The van der Waals surface area contributed by atoms with Crippen molar-refractivity contribution in [2.45, 2.75) is 40.2 Å². The van der Waals surface area contributed by atoms with E-state index in [1.165, 1.54) is 12.1 Å². The fourth-order valence-electron chi connectivity index (χ4n) is 4.06. The van der Waals surface area contributed by atoms with Gasteiger partial charge in [0.1, 0.15) is 5.82 Å². The summed E-state index contributed by atoms with van der Waals surface area (Å²) in [6.07, 6.45) is 1.36.